The third-order valence-corrected chi connectivity index (χ3v) is 3.80. The molecule has 0 fully saturated rings. The lowest BCUT2D eigenvalue weighted by atomic mass is 10.0. The lowest BCUT2D eigenvalue weighted by Gasteiger charge is -2.13. The molecule has 2 aromatic carbocycles. The number of methoxy groups -OCH3 is 2. The fraction of sp³-hybridized carbons (Fsp3) is 0.158. The molecule has 8 nitrogen and oxygen atoms in total. The predicted molar refractivity (Wildman–Crippen MR) is 97.4 cm³/mol. The van der Waals surface area contributed by atoms with Gasteiger partial charge in [-0.05, 0) is 40.6 Å². The summed E-state index contributed by atoms with van der Waals surface area (Å²) in [6.07, 6.45) is 1.37. The number of tetrazole rings is 1. The fourth-order valence-electron chi connectivity index (χ4n) is 2.50. The van der Waals surface area contributed by atoms with Crippen LogP contribution in [0, 0.1) is 0 Å². The summed E-state index contributed by atoms with van der Waals surface area (Å²) >= 11 is 0. The third-order valence-electron chi connectivity index (χ3n) is 3.80. The Kier molecular flexibility index (Phi) is 5.78. The number of nitrogens with zero attached hydrogens (tertiary/aromatic N) is 3. The minimum atomic E-state index is -0.478. The van der Waals surface area contributed by atoms with Crippen LogP contribution in [-0.2, 0) is 20.9 Å². The number of benzene rings is 2. The van der Waals surface area contributed by atoms with Crippen LogP contribution in [0.1, 0.15) is 11.1 Å². The van der Waals surface area contributed by atoms with Gasteiger partial charge in [0.15, 0.2) is 0 Å². The number of carbonyl (C=O) groups excluding carboxylic acids is 1. The standard InChI is InChI=1S/C19H18N4O4/c1-25-12-17(19(24)26-2)16-6-4-3-5-14(16)11-27-15-9-7-13(8-10-15)18-20-22-23-21-18/h3-10,12H,11H2,1-2H3,(H,20,21,22,23). The minimum Gasteiger partial charge on any atom is -0.503 e. The molecule has 1 aromatic heterocycles. The van der Waals surface area contributed by atoms with Crippen LogP contribution in [0.5, 0.6) is 5.75 Å². The Bertz CT molecular complexity index is 921. The average molecular weight is 366 g/mol. The van der Waals surface area contributed by atoms with Gasteiger partial charge in [0.1, 0.15) is 17.9 Å². The van der Waals surface area contributed by atoms with E-state index < -0.39 is 5.97 Å². The number of esters is 1. The smallest absolute Gasteiger partial charge is 0.341 e. The average Bonchev–Trinajstić information content (AvgIpc) is 3.25. The second-order valence-corrected chi connectivity index (χ2v) is 5.46. The van der Waals surface area contributed by atoms with Crippen LogP contribution < -0.4 is 4.74 Å². The van der Waals surface area contributed by atoms with E-state index in [1.54, 1.807) is 0 Å². The number of hydrogen-bond acceptors (Lipinski definition) is 7. The summed E-state index contributed by atoms with van der Waals surface area (Å²) in [7, 11) is 2.81. The van der Waals surface area contributed by atoms with Gasteiger partial charge in [-0.3, -0.25) is 0 Å². The van der Waals surface area contributed by atoms with Gasteiger partial charge in [0.05, 0.1) is 20.5 Å². The van der Waals surface area contributed by atoms with E-state index in [1.807, 2.05) is 48.5 Å². The number of carbonyl (C=O) groups is 1. The normalized spacial score (nSPS) is 11.1. The van der Waals surface area contributed by atoms with E-state index in [0.29, 0.717) is 22.7 Å². The Hall–Kier alpha value is -3.68. The zero-order valence-electron chi connectivity index (χ0n) is 14.9. The first-order valence-corrected chi connectivity index (χ1v) is 8.09. The molecule has 3 rings (SSSR count). The number of ether oxygens (including phenoxy) is 3. The fourth-order valence-corrected chi connectivity index (χ4v) is 2.50. The molecule has 3 aromatic rings. The lowest BCUT2D eigenvalue weighted by molar-refractivity contribution is -0.133. The van der Waals surface area contributed by atoms with Crippen molar-refractivity contribution in [1.82, 2.24) is 20.6 Å². The summed E-state index contributed by atoms with van der Waals surface area (Å²) in [6.45, 7) is 0.274. The second-order valence-electron chi connectivity index (χ2n) is 5.46. The van der Waals surface area contributed by atoms with Crippen LogP contribution >= 0.6 is 0 Å². The van der Waals surface area contributed by atoms with Crippen LogP contribution in [0.2, 0.25) is 0 Å². The van der Waals surface area contributed by atoms with Gasteiger partial charge < -0.3 is 14.2 Å². The van der Waals surface area contributed by atoms with E-state index >= 15 is 0 Å². The number of hydrogen-bond donors (Lipinski definition) is 1. The summed E-state index contributed by atoms with van der Waals surface area (Å²) in [4.78, 5) is 12.0. The lowest BCUT2D eigenvalue weighted by Crippen LogP contribution is -2.08. The van der Waals surface area contributed by atoms with Gasteiger partial charge in [-0.25, -0.2) is 4.79 Å². The molecule has 0 aliphatic rings. The zero-order chi connectivity index (χ0) is 19.1. The quantitative estimate of drug-likeness (QED) is 0.390. The molecule has 0 bridgehead atoms. The van der Waals surface area contributed by atoms with Gasteiger partial charge in [-0.15, -0.1) is 10.2 Å². The van der Waals surface area contributed by atoms with Crippen LogP contribution in [-0.4, -0.2) is 40.8 Å². The molecule has 8 heteroatoms. The SMILES string of the molecule is COC=C(C(=O)OC)c1ccccc1COc1ccc(-c2nn[nH]n2)cc1. The minimum absolute atomic E-state index is 0.274. The first-order valence-electron chi connectivity index (χ1n) is 8.09. The van der Waals surface area contributed by atoms with Crippen LogP contribution in [0.4, 0.5) is 0 Å². The van der Waals surface area contributed by atoms with Crippen molar-refractivity contribution in [2.75, 3.05) is 14.2 Å². The Labute approximate surface area is 155 Å². The number of rotatable bonds is 7. The van der Waals surface area contributed by atoms with Crippen LogP contribution in [0.15, 0.2) is 54.8 Å². The Morgan fingerprint density at radius 3 is 2.56 bits per heavy atom. The van der Waals surface area contributed by atoms with Gasteiger partial charge in [0, 0.05) is 5.56 Å². The van der Waals surface area contributed by atoms with Crippen LogP contribution in [0.25, 0.3) is 17.0 Å². The van der Waals surface area contributed by atoms with Crippen molar-refractivity contribution in [3.63, 3.8) is 0 Å². The molecular formula is C19H18N4O4. The van der Waals surface area contributed by atoms with Gasteiger partial charge >= 0.3 is 5.97 Å². The second kappa shape index (κ2) is 8.61. The van der Waals surface area contributed by atoms with E-state index in [1.165, 1.54) is 20.5 Å². The number of aromatic nitrogens is 4. The predicted octanol–water partition coefficient (Wildman–Crippen LogP) is 2.61. The summed E-state index contributed by atoms with van der Waals surface area (Å²) in [5, 5.41) is 13.8. The third kappa shape index (κ3) is 4.30. The van der Waals surface area contributed by atoms with E-state index in [0.717, 1.165) is 11.1 Å². The monoisotopic (exact) mass is 366 g/mol. The maximum Gasteiger partial charge on any atom is 0.341 e. The summed E-state index contributed by atoms with van der Waals surface area (Å²) in [5.41, 5.74) is 2.67. The molecule has 0 spiro atoms. The number of aromatic amines is 1. The summed E-state index contributed by atoms with van der Waals surface area (Å²) in [6, 6.07) is 14.7. The molecule has 27 heavy (non-hydrogen) atoms. The van der Waals surface area contributed by atoms with E-state index in [4.69, 9.17) is 14.2 Å². The van der Waals surface area contributed by atoms with Gasteiger partial charge in [0.2, 0.25) is 5.82 Å². The molecule has 0 atom stereocenters. The molecule has 138 valence electrons. The maximum absolute atomic E-state index is 12.0. The van der Waals surface area contributed by atoms with Gasteiger partial charge in [-0.1, -0.05) is 24.3 Å². The highest BCUT2D eigenvalue weighted by atomic mass is 16.5. The van der Waals surface area contributed by atoms with Crippen molar-refractivity contribution in [3.8, 4) is 17.1 Å². The molecule has 1 heterocycles. The highest BCUT2D eigenvalue weighted by Gasteiger charge is 2.16. The van der Waals surface area contributed by atoms with Crippen molar-refractivity contribution >= 4 is 11.5 Å². The molecule has 0 saturated carbocycles. The molecule has 0 radical (unpaired) electrons. The Balaban J connectivity index is 1.77. The Morgan fingerprint density at radius 2 is 1.89 bits per heavy atom. The topological polar surface area (TPSA) is 99.2 Å². The van der Waals surface area contributed by atoms with E-state index in [-0.39, 0.29) is 6.61 Å². The highest BCUT2D eigenvalue weighted by Crippen LogP contribution is 2.24. The van der Waals surface area contributed by atoms with Crippen molar-refractivity contribution in [1.29, 1.82) is 0 Å². The first kappa shape index (κ1) is 18.1. The summed E-state index contributed by atoms with van der Waals surface area (Å²) < 4.78 is 15.7. The van der Waals surface area contributed by atoms with E-state index in [2.05, 4.69) is 20.6 Å². The zero-order valence-corrected chi connectivity index (χ0v) is 14.9. The molecule has 0 unspecified atom stereocenters. The van der Waals surface area contributed by atoms with Gasteiger partial charge in [-0.2, -0.15) is 5.21 Å². The molecule has 0 saturated heterocycles. The molecule has 1 N–H and O–H groups in total. The number of H-pyrrole nitrogens is 1. The maximum atomic E-state index is 12.0. The molecule has 0 aliphatic carbocycles. The van der Waals surface area contributed by atoms with Crippen molar-refractivity contribution in [3.05, 3.63) is 65.9 Å². The first-order chi connectivity index (χ1) is 13.2. The van der Waals surface area contributed by atoms with Crippen molar-refractivity contribution in [2.45, 2.75) is 6.61 Å². The van der Waals surface area contributed by atoms with Gasteiger partial charge in [0.25, 0.3) is 0 Å². The highest BCUT2D eigenvalue weighted by molar-refractivity contribution is 6.16. The Morgan fingerprint density at radius 1 is 1.11 bits per heavy atom. The summed E-state index contributed by atoms with van der Waals surface area (Å²) in [5.74, 6) is 0.709. The van der Waals surface area contributed by atoms with Crippen molar-refractivity contribution in [2.24, 2.45) is 0 Å². The molecule has 0 aliphatic heterocycles. The molecule has 0 amide bonds. The molecular weight excluding hydrogens is 348 g/mol. The number of nitrogens with one attached hydrogen (secondary N) is 1. The van der Waals surface area contributed by atoms with Crippen molar-refractivity contribution < 1.29 is 19.0 Å². The largest absolute Gasteiger partial charge is 0.503 e. The van der Waals surface area contributed by atoms with Crippen LogP contribution in [0.3, 0.4) is 0 Å². The van der Waals surface area contributed by atoms with E-state index in [9.17, 15) is 4.79 Å².